The highest BCUT2D eigenvalue weighted by atomic mass is 19.1. The van der Waals surface area contributed by atoms with E-state index >= 15 is 0 Å². The molecule has 2 heterocycles. The van der Waals surface area contributed by atoms with Crippen LogP contribution in [0.15, 0.2) is 58.3 Å². The van der Waals surface area contributed by atoms with Crippen LogP contribution in [0.5, 0.6) is 5.75 Å². The molecule has 0 aliphatic carbocycles. The number of methoxy groups -OCH3 is 1. The zero-order valence-corrected chi connectivity index (χ0v) is 20.3. The number of aromatic nitrogens is 2. The van der Waals surface area contributed by atoms with Gasteiger partial charge in [0.15, 0.2) is 11.5 Å². The molecular weight excluding hydrogens is 469 g/mol. The summed E-state index contributed by atoms with van der Waals surface area (Å²) in [6.07, 6.45) is 0. The summed E-state index contributed by atoms with van der Waals surface area (Å²) in [4.78, 5) is 32.0. The third-order valence-electron chi connectivity index (χ3n) is 5.74. The van der Waals surface area contributed by atoms with Gasteiger partial charge in [-0.15, -0.1) is 0 Å². The molecular formula is C26H26FN3O6. The average molecular weight is 496 g/mol. The lowest BCUT2D eigenvalue weighted by Gasteiger charge is -2.29. The maximum atomic E-state index is 14.2. The second kappa shape index (κ2) is 10.3. The number of rotatable bonds is 9. The Morgan fingerprint density at radius 3 is 2.53 bits per heavy atom. The molecule has 1 N–H and O–H groups in total. The predicted octanol–water partition coefficient (Wildman–Crippen LogP) is 4.33. The molecule has 1 atom stereocenters. The van der Waals surface area contributed by atoms with Crippen molar-refractivity contribution in [2.75, 3.05) is 25.2 Å². The summed E-state index contributed by atoms with van der Waals surface area (Å²) < 4.78 is 30.0. The fourth-order valence-electron chi connectivity index (χ4n) is 4.01. The lowest BCUT2D eigenvalue weighted by Crippen LogP contribution is -2.31. The number of aliphatic hydroxyl groups excluding tert-OH is 1. The van der Waals surface area contributed by atoms with Gasteiger partial charge in [-0.25, -0.2) is 4.39 Å². The maximum absolute atomic E-state index is 14.2. The highest BCUT2D eigenvalue weighted by molar-refractivity contribution is 6.17. The van der Waals surface area contributed by atoms with Crippen LogP contribution in [0.2, 0.25) is 0 Å². The molecule has 0 spiro atoms. The molecule has 9 nitrogen and oxygen atoms in total. The molecule has 0 saturated carbocycles. The number of aliphatic hydroxyl groups is 1. The Hall–Kier alpha value is -4.05. The van der Waals surface area contributed by atoms with Gasteiger partial charge < -0.3 is 19.1 Å². The van der Waals surface area contributed by atoms with Crippen LogP contribution in [0, 0.1) is 18.7 Å². The number of ether oxygens (including phenoxy) is 2. The molecule has 1 unspecified atom stereocenters. The van der Waals surface area contributed by atoms with Gasteiger partial charge >= 0.3 is 0 Å². The number of hydrogen-bond donors (Lipinski definition) is 1. The zero-order chi connectivity index (χ0) is 26.0. The minimum absolute atomic E-state index is 0.0731. The molecule has 1 aliphatic heterocycles. The van der Waals surface area contributed by atoms with Crippen molar-refractivity contribution in [3.8, 4) is 17.1 Å². The smallest absolute Gasteiger partial charge is 0.294 e. The van der Waals surface area contributed by atoms with Crippen molar-refractivity contribution in [3.05, 3.63) is 71.1 Å². The number of aryl methyl sites for hydroxylation is 1. The Labute approximate surface area is 207 Å². The molecule has 3 aromatic rings. The molecule has 1 aromatic heterocycles. The van der Waals surface area contributed by atoms with Crippen molar-refractivity contribution in [2.24, 2.45) is 5.92 Å². The molecule has 0 saturated heterocycles. The highest BCUT2D eigenvalue weighted by Crippen LogP contribution is 2.45. The Kier molecular flexibility index (Phi) is 7.16. The number of ketones is 1. The standard InChI is InChI=1S/C26H26FN3O6/c1-14(2)23(31)21-22(19-10-7-17(27)13-20(19)35-12-11-34-4)30(26(33)24(21)32)18-8-5-16(6-9-18)25-28-15(3)36-29-25/h5-10,13-14,22,32H,11-12H2,1-4H3. The van der Waals surface area contributed by atoms with Gasteiger partial charge in [0.25, 0.3) is 5.91 Å². The number of Topliss-reactive ketones (excluding diaryl/α,β-unsaturated/α-hetero) is 1. The van der Waals surface area contributed by atoms with Crippen LogP contribution in [0.25, 0.3) is 11.4 Å². The molecule has 2 aromatic carbocycles. The van der Waals surface area contributed by atoms with E-state index in [-0.39, 0.29) is 24.5 Å². The number of benzene rings is 2. The molecule has 0 bridgehead atoms. The van der Waals surface area contributed by atoms with Gasteiger partial charge in [-0.1, -0.05) is 19.0 Å². The van der Waals surface area contributed by atoms with Crippen LogP contribution in [0.1, 0.15) is 31.3 Å². The number of hydrogen-bond acceptors (Lipinski definition) is 8. The Morgan fingerprint density at radius 1 is 1.19 bits per heavy atom. The molecule has 36 heavy (non-hydrogen) atoms. The monoisotopic (exact) mass is 495 g/mol. The van der Waals surface area contributed by atoms with Gasteiger partial charge in [0, 0.05) is 42.8 Å². The number of anilines is 1. The van der Waals surface area contributed by atoms with Gasteiger partial charge in [-0.2, -0.15) is 4.98 Å². The third kappa shape index (κ3) is 4.72. The van der Waals surface area contributed by atoms with Crippen molar-refractivity contribution in [3.63, 3.8) is 0 Å². The van der Waals surface area contributed by atoms with E-state index in [9.17, 15) is 19.1 Å². The minimum Gasteiger partial charge on any atom is -0.503 e. The van der Waals surface area contributed by atoms with Crippen molar-refractivity contribution in [1.82, 2.24) is 10.1 Å². The molecule has 4 rings (SSSR count). The van der Waals surface area contributed by atoms with E-state index in [4.69, 9.17) is 14.0 Å². The third-order valence-corrected chi connectivity index (χ3v) is 5.74. The lowest BCUT2D eigenvalue weighted by atomic mass is 9.90. The normalized spacial score (nSPS) is 15.8. The van der Waals surface area contributed by atoms with E-state index in [1.54, 1.807) is 45.0 Å². The highest BCUT2D eigenvalue weighted by Gasteiger charge is 2.46. The fraction of sp³-hybridized carbons (Fsp3) is 0.308. The summed E-state index contributed by atoms with van der Waals surface area (Å²) >= 11 is 0. The Bertz CT molecular complexity index is 1320. The number of carbonyl (C=O) groups excluding carboxylic acids is 2. The van der Waals surface area contributed by atoms with Gasteiger partial charge in [0.1, 0.15) is 18.2 Å². The lowest BCUT2D eigenvalue weighted by molar-refractivity contribution is -0.119. The van der Waals surface area contributed by atoms with E-state index in [0.29, 0.717) is 28.5 Å². The van der Waals surface area contributed by atoms with Crippen LogP contribution < -0.4 is 9.64 Å². The van der Waals surface area contributed by atoms with E-state index in [1.807, 2.05) is 0 Å². The second-order valence-corrected chi connectivity index (χ2v) is 8.57. The first-order valence-corrected chi connectivity index (χ1v) is 11.4. The number of nitrogens with zero attached hydrogens (tertiary/aromatic N) is 3. The number of amides is 1. The molecule has 1 aliphatic rings. The minimum atomic E-state index is -1.04. The van der Waals surface area contributed by atoms with E-state index in [2.05, 4.69) is 10.1 Å². The first-order valence-electron chi connectivity index (χ1n) is 11.4. The van der Waals surface area contributed by atoms with Crippen LogP contribution in [0.3, 0.4) is 0 Å². The topological polar surface area (TPSA) is 115 Å². The SMILES string of the molecule is COCCOc1cc(F)ccc1C1C(C(=O)C(C)C)=C(O)C(=O)N1c1ccc(-c2noc(C)n2)cc1. The van der Waals surface area contributed by atoms with Gasteiger partial charge in [0.2, 0.25) is 11.7 Å². The molecule has 0 fully saturated rings. The maximum Gasteiger partial charge on any atom is 0.294 e. The Balaban J connectivity index is 1.82. The van der Waals surface area contributed by atoms with Crippen LogP contribution in [-0.4, -0.2) is 47.3 Å². The first-order chi connectivity index (χ1) is 17.2. The quantitative estimate of drug-likeness (QED) is 0.436. The van der Waals surface area contributed by atoms with E-state index in [1.165, 1.54) is 30.2 Å². The zero-order valence-electron chi connectivity index (χ0n) is 20.3. The van der Waals surface area contributed by atoms with E-state index in [0.717, 1.165) is 0 Å². The van der Waals surface area contributed by atoms with E-state index < -0.39 is 35.2 Å². The van der Waals surface area contributed by atoms with Crippen molar-refractivity contribution in [2.45, 2.75) is 26.8 Å². The van der Waals surface area contributed by atoms with Crippen molar-refractivity contribution < 1.29 is 33.1 Å². The van der Waals surface area contributed by atoms with Crippen LogP contribution >= 0.6 is 0 Å². The summed E-state index contributed by atoms with van der Waals surface area (Å²) in [6.45, 7) is 5.40. The summed E-state index contributed by atoms with van der Waals surface area (Å²) in [5, 5.41) is 14.7. The average Bonchev–Trinajstić information content (AvgIpc) is 3.40. The molecule has 188 valence electrons. The summed E-state index contributed by atoms with van der Waals surface area (Å²) in [7, 11) is 1.51. The summed E-state index contributed by atoms with van der Waals surface area (Å²) in [5.74, 6) is -1.93. The van der Waals surface area contributed by atoms with Crippen LogP contribution in [-0.2, 0) is 14.3 Å². The predicted molar refractivity (Wildman–Crippen MR) is 128 cm³/mol. The summed E-state index contributed by atoms with van der Waals surface area (Å²) in [6, 6.07) is 9.51. The number of carbonyl (C=O) groups is 2. The largest absolute Gasteiger partial charge is 0.503 e. The molecule has 0 radical (unpaired) electrons. The molecule has 10 heteroatoms. The fourth-order valence-corrected chi connectivity index (χ4v) is 4.01. The van der Waals surface area contributed by atoms with Crippen LogP contribution in [0.4, 0.5) is 10.1 Å². The van der Waals surface area contributed by atoms with Gasteiger partial charge in [0.05, 0.1) is 18.2 Å². The molecule has 1 amide bonds. The number of halogens is 1. The first kappa shape index (κ1) is 25.1. The Morgan fingerprint density at radius 2 is 1.92 bits per heavy atom. The summed E-state index contributed by atoms with van der Waals surface area (Å²) in [5.41, 5.74) is 1.34. The second-order valence-electron chi connectivity index (χ2n) is 8.57. The van der Waals surface area contributed by atoms with Crippen molar-refractivity contribution in [1.29, 1.82) is 0 Å². The van der Waals surface area contributed by atoms with Gasteiger partial charge in [-0.05, 0) is 36.4 Å². The van der Waals surface area contributed by atoms with Gasteiger partial charge in [-0.3, -0.25) is 14.5 Å². The van der Waals surface area contributed by atoms with Crippen molar-refractivity contribution >= 4 is 17.4 Å².